The van der Waals surface area contributed by atoms with Crippen molar-refractivity contribution in [3.05, 3.63) is 96.6 Å². The van der Waals surface area contributed by atoms with Gasteiger partial charge in [0.25, 0.3) is 0 Å². The molecule has 0 atom stereocenters. The first kappa shape index (κ1) is 19.2. The Bertz CT molecular complexity index is 1150. The van der Waals surface area contributed by atoms with Crippen molar-refractivity contribution >= 4 is 28.4 Å². The summed E-state index contributed by atoms with van der Waals surface area (Å²) in [6, 6.07) is 22.3. The second-order valence-corrected chi connectivity index (χ2v) is 7.63. The lowest BCUT2D eigenvalue weighted by atomic mass is 9.96. The summed E-state index contributed by atoms with van der Waals surface area (Å²) in [4.78, 5) is 17.6. The monoisotopic (exact) mass is 402 g/mol. The van der Waals surface area contributed by atoms with Gasteiger partial charge in [0.2, 0.25) is 5.91 Å². The molecule has 4 rings (SSSR count). The molecule has 1 aromatic heterocycles. The van der Waals surface area contributed by atoms with Crippen molar-refractivity contribution in [1.29, 1.82) is 0 Å². The van der Waals surface area contributed by atoms with Crippen LogP contribution in [0.4, 0.5) is 4.39 Å². The van der Waals surface area contributed by atoms with E-state index >= 15 is 0 Å². The quantitative estimate of drug-likeness (QED) is 0.436. The van der Waals surface area contributed by atoms with E-state index in [1.807, 2.05) is 54.6 Å². The Balaban J connectivity index is 1.51. The van der Waals surface area contributed by atoms with Gasteiger partial charge >= 0.3 is 0 Å². The fourth-order valence-electron chi connectivity index (χ4n) is 3.22. The molecule has 0 bridgehead atoms. The molecule has 0 saturated heterocycles. The number of rotatable bonds is 6. The maximum Gasteiger partial charge on any atom is 0.230 e. The molecule has 0 aliphatic rings. The van der Waals surface area contributed by atoms with E-state index in [0.717, 1.165) is 32.4 Å². The zero-order valence-electron chi connectivity index (χ0n) is 15.6. The smallest absolute Gasteiger partial charge is 0.230 e. The highest BCUT2D eigenvalue weighted by Crippen LogP contribution is 2.30. The van der Waals surface area contributed by atoms with E-state index in [2.05, 4.69) is 10.3 Å². The number of nitrogens with one attached hydrogen (secondary N) is 1. The fraction of sp³-hybridized carbons (Fsp3) is 0.0833. The van der Waals surface area contributed by atoms with Gasteiger partial charge in [-0.3, -0.25) is 9.78 Å². The number of fused-ring (bicyclic) bond motifs is 1. The molecule has 1 heterocycles. The van der Waals surface area contributed by atoms with Crippen molar-refractivity contribution in [2.75, 3.05) is 5.75 Å². The van der Waals surface area contributed by atoms with E-state index in [4.69, 9.17) is 0 Å². The predicted octanol–water partition coefficient (Wildman–Crippen LogP) is 5.45. The van der Waals surface area contributed by atoms with Crippen LogP contribution in [-0.2, 0) is 11.3 Å². The number of nitrogens with zero attached hydrogens (tertiary/aromatic N) is 1. The number of halogens is 1. The standard InChI is InChI=1S/C24H19FN2OS/c25-19-6-4-5-17(13-19)21-10-9-18(23-15-26-12-11-22(21)23)14-27-24(28)16-29-20-7-2-1-3-8-20/h1-13,15H,14,16H2,(H,27,28). The Kier molecular flexibility index (Phi) is 5.86. The Hall–Kier alpha value is -3.18. The van der Waals surface area contributed by atoms with Crippen LogP contribution in [0, 0.1) is 5.82 Å². The summed E-state index contributed by atoms with van der Waals surface area (Å²) in [6.45, 7) is 0.416. The van der Waals surface area contributed by atoms with Gasteiger partial charge in [-0.1, -0.05) is 42.5 Å². The molecule has 0 fully saturated rings. The minimum atomic E-state index is -0.267. The third kappa shape index (κ3) is 4.63. The average Bonchev–Trinajstić information content (AvgIpc) is 2.76. The molecule has 5 heteroatoms. The second kappa shape index (κ2) is 8.88. The zero-order valence-corrected chi connectivity index (χ0v) is 16.5. The van der Waals surface area contributed by atoms with Crippen LogP contribution in [0.1, 0.15) is 5.56 Å². The second-order valence-electron chi connectivity index (χ2n) is 6.58. The number of amides is 1. The summed E-state index contributed by atoms with van der Waals surface area (Å²) in [5.74, 6) is 0.0729. The average molecular weight is 402 g/mol. The lowest BCUT2D eigenvalue weighted by Crippen LogP contribution is -2.24. The summed E-state index contributed by atoms with van der Waals surface area (Å²) in [7, 11) is 0. The third-order valence-electron chi connectivity index (χ3n) is 4.63. The first-order valence-corrected chi connectivity index (χ1v) is 10.3. The van der Waals surface area contributed by atoms with E-state index in [-0.39, 0.29) is 11.7 Å². The summed E-state index contributed by atoms with van der Waals surface area (Å²) < 4.78 is 13.7. The topological polar surface area (TPSA) is 42.0 Å². The molecule has 29 heavy (non-hydrogen) atoms. The highest BCUT2D eigenvalue weighted by molar-refractivity contribution is 8.00. The summed E-state index contributed by atoms with van der Waals surface area (Å²) in [5, 5.41) is 4.91. The molecule has 4 aromatic rings. The molecule has 0 aliphatic carbocycles. The number of thioether (sulfide) groups is 1. The molecular weight excluding hydrogens is 383 g/mol. The van der Waals surface area contributed by atoms with E-state index in [1.54, 1.807) is 18.5 Å². The first-order chi connectivity index (χ1) is 14.2. The van der Waals surface area contributed by atoms with E-state index in [0.29, 0.717) is 12.3 Å². The van der Waals surface area contributed by atoms with Gasteiger partial charge in [0.15, 0.2) is 0 Å². The Morgan fingerprint density at radius 2 is 1.83 bits per heavy atom. The maximum atomic E-state index is 13.7. The van der Waals surface area contributed by atoms with Crippen molar-refractivity contribution in [3.63, 3.8) is 0 Å². The van der Waals surface area contributed by atoms with Gasteiger partial charge < -0.3 is 5.32 Å². The van der Waals surface area contributed by atoms with Gasteiger partial charge in [-0.05, 0) is 52.4 Å². The third-order valence-corrected chi connectivity index (χ3v) is 5.65. The van der Waals surface area contributed by atoms with Gasteiger partial charge in [-0.2, -0.15) is 0 Å². The number of hydrogen-bond acceptors (Lipinski definition) is 3. The predicted molar refractivity (Wildman–Crippen MR) is 116 cm³/mol. The Morgan fingerprint density at radius 3 is 2.66 bits per heavy atom. The number of benzene rings is 3. The summed E-state index contributed by atoms with van der Waals surface area (Å²) >= 11 is 1.51. The Labute approximate surface area is 173 Å². The van der Waals surface area contributed by atoms with Crippen LogP contribution in [0.25, 0.3) is 21.9 Å². The van der Waals surface area contributed by atoms with Gasteiger partial charge in [-0.15, -0.1) is 11.8 Å². The zero-order chi connectivity index (χ0) is 20.1. The normalized spacial score (nSPS) is 10.8. The van der Waals surface area contributed by atoms with Gasteiger partial charge in [-0.25, -0.2) is 4.39 Å². The molecule has 0 saturated carbocycles. The molecule has 1 amide bonds. The minimum absolute atomic E-state index is 0.0231. The van der Waals surface area contributed by atoms with Crippen molar-refractivity contribution < 1.29 is 9.18 Å². The maximum absolute atomic E-state index is 13.7. The van der Waals surface area contributed by atoms with Crippen LogP contribution >= 0.6 is 11.8 Å². The van der Waals surface area contributed by atoms with Crippen LogP contribution < -0.4 is 5.32 Å². The number of carbonyl (C=O) groups is 1. The van der Waals surface area contributed by atoms with Crippen LogP contribution in [0.3, 0.4) is 0 Å². The molecular formula is C24H19FN2OS. The largest absolute Gasteiger partial charge is 0.351 e. The van der Waals surface area contributed by atoms with Gasteiger partial charge in [0, 0.05) is 29.2 Å². The lowest BCUT2D eigenvalue weighted by Gasteiger charge is -2.12. The molecule has 0 radical (unpaired) electrons. The van der Waals surface area contributed by atoms with E-state index in [9.17, 15) is 9.18 Å². The summed E-state index contributed by atoms with van der Waals surface area (Å²) in [5.41, 5.74) is 2.74. The number of carbonyl (C=O) groups excluding carboxylic acids is 1. The van der Waals surface area contributed by atoms with Gasteiger partial charge in [0.05, 0.1) is 5.75 Å². The van der Waals surface area contributed by atoms with Crippen molar-refractivity contribution in [2.24, 2.45) is 0 Å². The van der Waals surface area contributed by atoms with Crippen LogP contribution in [0.5, 0.6) is 0 Å². The lowest BCUT2D eigenvalue weighted by molar-refractivity contribution is -0.118. The molecule has 144 valence electrons. The molecule has 3 aromatic carbocycles. The first-order valence-electron chi connectivity index (χ1n) is 9.27. The van der Waals surface area contributed by atoms with E-state index < -0.39 is 0 Å². The van der Waals surface area contributed by atoms with Gasteiger partial charge in [0.1, 0.15) is 5.82 Å². The van der Waals surface area contributed by atoms with Crippen molar-refractivity contribution in [3.8, 4) is 11.1 Å². The fourth-order valence-corrected chi connectivity index (χ4v) is 3.97. The van der Waals surface area contributed by atoms with Crippen LogP contribution in [-0.4, -0.2) is 16.6 Å². The SMILES string of the molecule is O=C(CSc1ccccc1)NCc1ccc(-c2cccc(F)c2)c2ccncc12. The Morgan fingerprint density at radius 1 is 0.966 bits per heavy atom. The van der Waals surface area contributed by atoms with Crippen LogP contribution in [0.15, 0.2) is 90.1 Å². The molecule has 0 aliphatic heterocycles. The molecule has 0 spiro atoms. The summed E-state index contributed by atoms with van der Waals surface area (Å²) in [6.07, 6.45) is 3.52. The number of pyridine rings is 1. The number of aromatic nitrogens is 1. The molecule has 1 N–H and O–H groups in total. The highest BCUT2D eigenvalue weighted by Gasteiger charge is 2.10. The van der Waals surface area contributed by atoms with Crippen molar-refractivity contribution in [1.82, 2.24) is 10.3 Å². The van der Waals surface area contributed by atoms with Crippen molar-refractivity contribution in [2.45, 2.75) is 11.4 Å². The minimum Gasteiger partial charge on any atom is -0.351 e. The van der Waals surface area contributed by atoms with Crippen LogP contribution in [0.2, 0.25) is 0 Å². The number of hydrogen-bond donors (Lipinski definition) is 1. The van der Waals surface area contributed by atoms with E-state index in [1.165, 1.54) is 23.9 Å². The molecule has 3 nitrogen and oxygen atoms in total. The molecule has 0 unspecified atom stereocenters. The highest BCUT2D eigenvalue weighted by atomic mass is 32.2.